The third kappa shape index (κ3) is 7.43. The fraction of sp³-hybridized carbons (Fsp3) is 0.280. The monoisotopic (exact) mass is 501 g/mol. The zero-order valence-corrected chi connectivity index (χ0v) is 20.1. The van der Waals surface area contributed by atoms with Gasteiger partial charge < -0.3 is 15.2 Å². The van der Waals surface area contributed by atoms with Crippen molar-refractivity contribution in [2.45, 2.75) is 38.7 Å². The Morgan fingerprint density at radius 1 is 1.03 bits per heavy atom. The highest BCUT2D eigenvalue weighted by molar-refractivity contribution is 6.35. The highest BCUT2D eigenvalue weighted by Crippen LogP contribution is 2.28. The number of carboxylic acids is 1. The highest BCUT2D eigenvalue weighted by atomic mass is 35.5. The van der Waals surface area contributed by atoms with Crippen molar-refractivity contribution in [2.75, 3.05) is 6.54 Å². The molecule has 1 amide bonds. The van der Waals surface area contributed by atoms with Crippen LogP contribution in [0.25, 0.3) is 11.1 Å². The molecule has 0 fully saturated rings. The standard InChI is InChI=1S/C25H25Cl2N3O4/c1-2-3-4-22(16-5-7-17(8-6-16)24(33)28-10-9-23(31)32)34-25-29-14-19(15-30-25)18-11-20(26)13-21(27)12-18/h5-8,11-15,22H,2-4,9-10H2,1H3,(H,28,33)(H,31,32). The van der Waals surface area contributed by atoms with E-state index in [-0.39, 0.29) is 31.0 Å². The fourth-order valence-electron chi connectivity index (χ4n) is 3.29. The van der Waals surface area contributed by atoms with Gasteiger partial charge in [-0.2, -0.15) is 0 Å². The van der Waals surface area contributed by atoms with E-state index in [4.69, 9.17) is 33.0 Å². The van der Waals surface area contributed by atoms with E-state index in [2.05, 4.69) is 22.2 Å². The summed E-state index contributed by atoms with van der Waals surface area (Å²) in [5, 5.41) is 12.3. The maximum absolute atomic E-state index is 12.2. The molecule has 2 aromatic carbocycles. The molecular formula is C25H25Cl2N3O4. The lowest BCUT2D eigenvalue weighted by atomic mass is 10.0. The van der Waals surface area contributed by atoms with Gasteiger partial charge in [0.15, 0.2) is 0 Å². The fourth-order valence-corrected chi connectivity index (χ4v) is 3.82. The topological polar surface area (TPSA) is 101 Å². The number of nitrogens with zero attached hydrogens (tertiary/aromatic N) is 2. The Hall–Kier alpha value is -3.16. The van der Waals surface area contributed by atoms with Crippen LogP contribution in [0.2, 0.25) is 10.0 Å². The van der Waals surface area contributed by atoms with Crippen molar-refractivity contribution in [3.05, 3.63) is 76.0 Å². The number of carboxylic acid groups (broad SMARTS) is 1. The van der Waals surface area contributed by atoms with Crippen molar-refractivity contribution in [1.82, 2.24) is 15.3 Å². The molecule has 0 saturated carbocycles. The third-order valence-corrected chi connectivity index (χ3v) is 5.50. The number of nitrogens with one attached hydrogen (secondary N) is 1. The predicted octanol–water partition coefficient (Wildman–Crippen LogP) is 5.97. The van der Waals surface area contributed by atoms with E-state index < -0.39 is 5.97 Å². The number of benzene rings is 2. The van der Waals surface area contributed by atoms with Gasteiger partial charge in [-0.3, -0.25) is 9.59 Å². The molecule has 3 rings (SSSR count). The summed E-state index contributed by atoms with van der Waals surface area (Å²) in [7, 11) is 0. The summed E-state index contributed by atoms with van der Waals surface area (Å²) >= 11 is 12.2. The van der Waals surface area contributed by atoms with Crippen LogP contribution < -0.4 is 10.1 Å². The van der Waals surface area contributed by atoms with E-state index in [1.165, 1.54) is 0 Å². The molecule has 0 radical (unpaired) electrons. The molecule has 9 heteroatoms. The van der Waals surface area contributed by atoms with Crippen LogP contribution in [0.15, 0.2) is 54.9 Å². The minimum Gasteiger partial charge on any atom is -0.481 e. The number of rotatable bonds is 11. The number of carbonyl (C=O) groups excluding carboxylic acids is 1. The summed E-state index contributed by atoms with van der Waals surface area (Å²) in [6.45, 7) is 2.18. The summed E-state index contributed by atoms with van der Waals surface area (Å²) in [5.41, 5.74) is 2.91. The first kappa shape index (κ1) is 25.5. The van der Waals surface area contributed by atoms with Crippen LogP contribution in [-0.4, -0.2) is 33.5 Å². The molecule has 2 N–H and O–H groups in total. The second kappa shape index (κ2) is 12.3. The lowest BCUT2D eigenvalue weighted by Crippen LogP contribution is -2.26. The number of aliphatic carboxylic acids is 1. The molecule has 7 nitrogen and oxygen atoms in total. The van der Waals surface area contributed by atoms with Crippen molar-refractivity contribution in [3.63, 3.8) is 0 Å². The number of aromatic nitrogens is 2. The van der Waals surface area contributed by atoms with Gasteiger partial charge in [0.25, 0.3) is 5.91 Å². The van der Waals surface area contributed by atoms with Crippen LogP contribution in [0.4, 0.5) is 0 Å². The van der Waals surface area contributed by atoms with Gasteiger partial charge in [-0.25, -0.2) is 9.97 Å². The molecule has 1 heterocycles. The van der Waals surface area contributed by atoms with Crippen LogP contribution in [0.1, 0.15) is 54.6 Å². The van der Waals surface area contributed by atoms with Gasteiger partial charge in [0, 0.05) is 40.1 Å². The normalized spacial score (nSPS) is 11.6. The predicted molar refractivity (Wildman–Crippen MR) is 131 cm³/mol. The molecular weight excluding hydrogens is 477 g/mol. The van der Waals surface area contributed by atoms with Gasteiger partial charge in [-0.05, 0) is 54.3 Å². The zero-order valence-electron chi connectivity index (χ0n) is 18.6. The number of ether oxygens (including phenoxy) is 1. The van der Waals surface area contributed by atoms with Crippen LogP contribution in [0, 0.1) is 0 Å². The summed E-state index contributed by atoms with van der Waals surface area (Å²) in [6, 6.07) is 12.5. The van der Waals surface area contributed by atoms with E-state index >= 15 is 0 Å². The Morgan fingerprint density at radius 2 is 1.68 bits per heavy atom. The van der Waals surface area contributed by atoms with Crippen LogP contribution >= 0.6 is 23.2 Å². The van der Waals surface area contributed by atoms with Crippen LogP contribution in [0.3, 0.4) is 0 Å². The van der Waals surface area contributed by atoms with E-state index in [9.17, 15) is 9.59 Å². The van der Waals surface area contributed by atoms with Crippen molar-refractivity contribution < 1.29 is 19.4 Å². The maximum atomic E-state index is 12.2. The molecule has 0 aliphatic rings. The summed E-state index contributed by atoms with van der Waals surface area (Å²) < 4.78 is 6.09. The quantitative estimate of drug-likeness (QED) is 0.335. The Bertz CT molecular complexity index is 1100. The molecule has 178 valence electrons. The first-order valence-corrected chi connectivity index (χ1v) is 11.7. The van der Waals surface area contributed by atoms with Gasteiger partial charge in [-0.15, -0.1) is 0 Å². The molecule has 0 aliphatic heterocycles. The first-order valence-electron chi connectivity index (χ1n) is 10.9. The number of unbranched alkanes of at least 4 members (excludes halogenated alkanes) is 1. The van der Waals surface area contributed by atoms with Crippen molar-refractivity contribution >= 4 is 35.1 Å². The highest BCUT2D eigenvalue weighted by Gasteiger charge is 2.16. The molecule has 3 aromatic rings. The zero-order chi connectivity index (χ0) is 24.5. The molecule has 0 spiro atoms. The largest absolute Gasteiger partial charge is 0.481 e. The van der Waals surface area contributed by atoms with E-state index in [1.807, 2.05) is 12.1 Å². The molecule has 1 aromatic heterocycles. The number of hydrogen-bond donors (Lipinski definition) is 2. The minimum atomic E-state index is -0.960. The van der Waals surface area contributed by atoms with Crippen molar-refractivity contribution in [1.29, 1.82) is 0 Å². The lowest BCUT2D eigenvalue weighted by Gasteiger charge is -2.18. The number of carbonyl (C=O) groups is 2. The average Bonchev–Trinajstić information content (AvgIpc) is 2.81. The minimum absolute atomic E-state index is 0.0763. The second-order valence-electron chi connectivity index (χ2n) is 7.68. The smallest absolute Gasteiger partial charge is 0.316 e. The summed E-state index contributed by atoms with van der Waals surface area (Å²) in [5.74, 6) is -1.28. The Kier molecular flexibility index (Phi) is 9.24. The van der Waals surface area contributed by atoms with Gasteiger partial charge in [0.1, 0.15) is 6.10 Å². The lowest BCUT2D eigenvalue weighted by molar-refractivity contribution is -0.136. The summed E-state index contributed by atoms with van der Waals surface area (Å²) in [6.07, 6.45) is 5.61. The third-order valence-electron chi connectivity index (χ3n) is 5.06. The van der Waals surface area contributed by atoms with Crippen molar-refractivity contribution in [3.8, 4) is 17.1 Å². The molecule has 0 aliphatic carbocycles. The van der Waals surface area contributed by atoms with Crippen molar-refractivity contribution in [2.24, 2.45) is 0 Å². The maximum Gasteiger partial charge on any atom is 0.316 e. The number of hydrogen-bond acceptors (Lipinski definition) is 5. The second-order valence-corrected chi connectivity index (χ2v) is 8.56. The van der Waals surface area contributed by atoms with E-state index in [0.717, 1.165) is 36.0 Å². The SMILES string of the molecule is CCCCC(Oc1ncc(-c2cc(Cl)cc(Cl)c2)cn1)c1ccc(C(=O)NCCC(=O)O)cc1. The number of amides is 1. The molecule has 1 unspecified atom stereocenters. The molecule has 0 saturated heterocycles. The molecule has 1 atom stereocenters. The van der Waals surface area contributed by atoms with Gasteiger partial charge >= 0.3 is 12.0 Å². The molecule has 0 bridgehead atoms. The van der Waals surface area contributed by atoms with E-state index in [1.54, 1.807) is 42.7 Å². The average molecular weight is 502 g/mol. The van der Waals surface area contributed by atoms with Gasteiger partial charge in [0.05, 0.1) is 6.42 Å². The van der Waals surface area contributed by atoms with Gasteiger partial charge in [-0.1, -0.05) is 48.7 Å². The Labute approximate surface area is 208 Å². The first-order chi connectivity index (χ1) is 16.4. The molecule has 34 heavy (non-hydrogen) atoms. The Balaban J connectivity index is 1.70. The summed E-state index contributed by atoms with van der Waals surface area (Å²) in [4.78, 5) is 31.5. The van der Waals surface area contributed by atoms with Crippen LogP contribution in [-0.2, 0) is 4.79 Å². The Morgan fingerprint density at radius 3 is 2.26 bits per heavy atom. The van der Waals surface area contributed by atoms with Crippen LogP contribution in [0.5, 0.6) is 6.01 Å². The number of halogens is 2. The van der Waals surface area contributed by atoms with Gasteiger partial charge in [0.2, 0.25) is 0 Å². The van der Waals surface area contributed by atoms with E-state index in [0.29, 0.717) is 15.6 Å².